The number of hydrogen-bond acceptors (Lipinski definition) is 3. The highest BCUT2D eigenvalue weighted by Crippen LogP contribution is 2.26. The van der Waals surface area contributed by atoms with Crippen molar-refractivity contribution in [2.45, 2.75) is 20.3 Å². The third-order valence-electron chi connectivity index (χ3n) is 2.62. The van der Waals surface area contributed by atoms with Crippen LogP contribution in [0.4, 0.5) is 0 Å². The maximum Gasteiger partial charge on any atom is 0.308 e. The molecule has 0 spiro atoms. The molecule has 0 bridgehead atoms. The Hall–Kier alpha value is -2.16. The largest absolute Gasteiger partial charge is 0.427 e. The van der Waals surface area contributed by atoms with Crippen molar-refractivity contribution in [2.75, 3.05) is 0 Å². The fraction of sp³-hybridized carbons (Fsp3) is 0.200. The first-order valence-electron chi connectivity index (χ1n) is 5.76. The summed E-state index contributed by atoms with van der Waals surface area (Å²) in [5.41, 5.74) is 0.886. The Bertz CT molecular complexity index is 614. The van der Waals surface area contributed by atoms with E-state index in [1.54, 1.807) is 19.1 Å². The van der Waals surface area contributed by atoms with E-state index >= 15 is 0 Å². The minimum Gasteiger partial charge on any atom is -0.427 e. The van der Waals surface area contributed by atoms with Gasteiger partial charge in [-0.05, 0) is 35.4 Å². The maximum absolute atomic E-state index is 11.3. The number of hydrogen-bond donors (Lipinski definition) is 0. The van der Waals surface area contributed by atoms with Gasteiger partial charge in [0.25, 0.3) is 0 Å². The van der Waals surface area contributed by atoms with Crippen molar-refractivity contribution < 1.29 is 14.3 Å². The van der Waals surface area contributed by atoms with Gasteiger partial charge in [0, 0.05) is 13.3 Å². The number of Topliss-reactive ketones (excluding diaryl/α,β-unsaturated/α-hetero) is 1. The molecule has 2 aromatic rings. The molecule has 3 heteroatoms. The van der Waals surface area contributed by atoms with Crippen LogP contribution < -0.4 is 4.74 Å². The van der Waals surface area contributed by atoms with Gasteiger partial charge in [-0.3, -0.25) is 9.59 Å². The Morgan fingerprint density at radius 2 is 1.83 bits per heavy atom. The lowest BCUT2D eigenvalue weighted by atomic mass is 10.0. The summed E-state index contributed by atoms with van der Waals surface area (Å²) in [6.45, 7) is 2.91. The average molecular weight is 242 g/mol. The number of carbonyl (C=O) groups excluding carboxylic acids is 2. The normalized spacial score (nSPS) is 10.3. The van der Waals surface area contributed by atoms with Gasteiger partial charge in [-0.2, -0.15) is 0 Å². The van der Waals surface area contributed by atoms with Crippen LogP contribution in [0.1, 0.15) is 19.4 Å². The van der Waals surface area contributed by atoms with Gasteiger partial charge < -0.3 is 4.74 Å². The van der Waals surface area contributed by atoms with Crippen molar-refractivity contribution in [3.63, 3.8) is 0 Å². The number of benzene rings is 2. The van der Waals surface area contributed by atoms with E-state index in [0.29, 0.717) is 12.2 Å². The second kappa shape index (κ2) is 5.00. The third kappa shape index (κ3) is 2.74. The second-order valence-corrected chi connectivity index (χ2v) is 4.28. The average Bonchev–Trinajstić information content (AvgIpc) is 2.27. The first kappa shape index (κ1) is 12.3. The Labute approximate surface area is 105 Å². The molecule has 0 atom stereocenters. The predicted octanol–water partition coefficient (Wildman–Crippen LogP) is 2.90. The minimum absolute atomic E-state index is 0.0835. The van der Waals surface area contributed by atoms with Crippen molar-refractivity contribution in [1.29, 1.82) is 0 Å². The SMILES string of the molecule is CC(=O)Cc1cc(OC(C)=O)cc2ccccc12. The van der Waals surface area contributed by atoms with Crippen molar-refractivity contribution in [3.05, 3.63) is 42.0 Å². The molecule has 0 N–H and O–H groups in total. The molecule has 0 saturated heterocycles. The molecule has 2 rings (SSSR count). The van der Waals surface area contributed by atoms with E-state index < -0.39 is 0 Å². The van der Waals surface area contributed by atoms with E-state index in [1.807, 2.05) is 24.3 Å². The number of ketones is 1. The van der Waals surface area contributed by atoms with Crippen LogP contribution in [0.15, 0.2) is 36.4 Å². The van der Waals surface area contributed by atoms with E-state index in [0.717, 1.165) is 16.3 Å². The number of carbonyl (C=O) groups is 2. The summed E-state index contributed by atoms with van der Waals surface area (Å²) in [6, 6.07) is 11.3. The molecule has 0 heterocycles. The lowest BCUT2D eigenvalue weighted by molar-refractivity contribution is -0.131. The fourth-order valence-electron chi connectivity index (χ4n) is 2.00. The Kier molecular flexibility index (Phi) is 3.42. The monoisotopic (exact) mass is 242 g/mol. The summed E-state index contributed by atoms with van der Waals surface area (Å²) >= 11 is 0. The topological polar surface area (TPSA) is 43.4 Å². The number of ether oxygens (including phenoxy) is 1. The quantitative estimate of drug-likeness (QED) is 0.614. The van der Waals surface area contributed by atoms with E-state index in [1.165, 1.54) is 6.92 Å². The molecule has 0 aliphatic rings. The van der Waals surface area contributed by atoms with Gasteiger partial charge >= 0.3 is 5.97 Å². The van der Waals surface area contributed by atoms with Gasteiger partial charge in [-0.1, -0.05) is 24.3 Å². The molecule has 2 aromatic carbocycles. The Balaban J connectivity index is 2.56. The Morgan fingerprint density at radius 3 is 2.50 bits per heavy atom. The van der Waals surface area contributed by atoms with Gasteiger partial charge in [0.1, 0.15) is 11.5 Å². The van der Waals surface area contributed by atoms with E-state index in [9.17, 15) is 9.59 Å². The maximum atomic E-state index is 11.3. The zero-order chi connectivity index (χ0) is 13.1. The van der Waals surface area contributed by atoms with Crippen molar-refractivity contribution in [3.8, 4) is 5.75 Å². The molecule has 18 heavy (non-hydrogen) atoms. The molecular weight excluding hydrogens is 228 g/mol. The molecule has 0 fully saturated rings. The predicted molar refractivity (Wildman–Crippen MR) is 69.6 cm³/mol. The first-order valence-corrected chi connectivity index (χ1v) is 5.76. The van der Waals surface area contributed by atoms with Gasteiger partial charge in [0.15, 0.2) is 0 Å². The molecule has 0 aromatic heterocycles. The molecular formula is C15H14O3. The molecule has 0 radical (unpaired) electrons. The lowest BCUT2D eigenvalue weighted by Gasteiger charge is -2.08. The van der Waals surface area contributed by atoms with Crippen molar-refractivity contribution >= 4 is 22.5 Å². The highest BCUT2D eigenvalue weighted by atomic mass is 16.5. The summed E-state index contributed by atoms with van der Waals surface area (Å²) < 4.78 is 5.09. The fourth-order valence-corrected chi connectivity index (χ4v) is 2.00. The summed E-state index contributed by atoms with van der Waals surface area (Å²) in [6.07, 6.45) is 0.343. The highest BCUT2D eigenvalue weighted by molar-refractivity contribution is 5.91. The smallest absolute Gasteiger partial charge is 0.308 e. The second-order valence-electron chi connectivity index (χ2n) is 4.28. The molecule has 0 unspecified atom stereocenters. The highest BCUT2D eigenvalue weighted by Gasteiger charge is 2.08. The zero-order valence-corrected chi connectivity index (χ0v) is 10.4. The number of rotatable bonds is 3. The van der Waals surface area contributed by atoms with Crippen LogP contribution in [0.5, 0.6) is 5.75 Å². The summed E-state index contributed by atoms with van der Waals surface area (Å²) in [5.74, 6) is 0.205. The van der Waals surface area contributed by atoms with E-state index in [4.69, 9.17) is 4.74 Å². The first-order chi connectivity index (χ1) is 8.56. The Morgan fingerprint density at radius 1 is 1.11 bits per heavy atom. The zero-order valence-electron chi connectivity index (χ0n) is 10.4. The standard InChI is InChI=1S/C15H14O3/c1-10(16)7-13-9-14(18-11(2)17)8-12-5-3-4-6-15(12)13/h3-6,8-9H,7H2,1-2H3. The number of fused-ring (bicyclic) bond motifs is 1. The number of esters is 1. The lowest BCUT2D eigenvalue weighted by Crippen LogP contribution is -2.03. The van der Waals surface area contributed by atoms with E-state index in [2.05, 4.69) is 0 Å². The molecule has 0 aliphatic heterocycles. The van der Waals surface area contributed by atoms with Crippen molar-refractivity contribution in [2.24, 2.45) is 0 Å². The van der Waals surface area contributed by atoms with E-state index in [-0.39, 0.29) is 11.8 Å². The van der Waals surface area contributed by atoms with Crippen LogP contribution in [-0.2, 0) is 16.0 Å². The van der Waals surface area contributed by atoms with Crippen molar-refractivity contribution in [1.82, 2.24) is 0 Å². The van der Waals surface area contributed by atoms with Crippen LogP contribution in [0, 0.1) is 0 Å². The van der Waals surface area contributed by atoms with Gasteiger partial charge in [-0.25, -0.2) is 0 Å². The molecule has 0 saturated carbocycles. The van der Waals surface area contributed by atoms with Crippen LogP contribution in [0.25, 0.3) is 10.8 Å². The molecule has 0 aliphatic carbocycles. The van der Waals surface area contributed by atoms with Crippen LogP contribution >= 0.6 is 0 Å². The molecule has 0 amide bonds. The minimum atomic E-state index is -0.362. The third-order valence-corrected chi connectivity index (χ3v) is 2.62. The van der Waals surface area contributed by atoms with Crippen LogP contribution in [-0.4, -0.2) is 11.8 Å². The van der Waals surface area contributed by atoms with Gasteiger partial charge in [0.2, 0.25) is 0 Å². The van der Waals surface area contributed by atoms with Crippen LogP contribution in [0.2, 0.25) is 0 Å². The molecule has 3 nitrogen and oxygen atoms in total. The van der Waals surface area contributed by atoms with Gasteiger partial charge in [0.05, 0.1) is 0 Å². The summed E-state index contributed by atoms with van der Waals surface area (Å²) in [5, 5.41) is 1.98. The molecule has 92 valence electrons. The summed E-state index contributed by atoms with van der Waals surface area (Å²) in [7, 11) is 0. The van der Waals surface area contributed by atoms with Gasteiger partial charge in [-0.15, -0.1) is 0 Å². The summed E-state index contributed by atoms with van der Waals surface area (Å²) in [4.78, 5) is 22.3. The van der Waals surface area contributed by atoms with Crippen LogP contribution in [0.3, 0.4) is 0 Å².